The number of nitrogens with one attached hydrogen (secondary N) is 1. The lowest BCUT2D eigenvalue weighted by Crippen LogP contribution is -2.65. The van der Waals surface area contributed by atoms with Gasteiger partial charge in [0.15, 0.2) is 0 Å². The van der Waals surface area contributed by atoms with Gasteiger partial charge in [0.2, 0.25) is 5.91 Å². The predicted octanol–water partition coefficient (Wildman–Crippen LogP) is 1.29. The number of phosphoric ester groups is 1. The molecule has 2 aliphatic rings. The summed E-state index contributed by atoms with van der Waals surface area (Å²) in [6.45, 7) is 6.97. The van der Waals surface area contributed by atoms with Crippen molar-refractivity contribution in [3.8, 4) is 0 Å². The van der Waals surface area contributed by atoms with Gasteiger partial charge in [-0.15, -0.1) is 23.4 Å². The van der Waals surface area contributed by atoms with Crippen molar-refractivity contribution in [3.05, 3.63) is 0 Å². The van der Waals surface area contributed by atoms with Crippen molar-refractivity contribution in [1.29, 1.82) is 0 Å². The average Bonchev–Trinajstić information content (AvgIpc) is 3.16. The third kappa shape index (κ3) is 10.3. The number of likely N-dealkylation sites (tertiary alicyclic amines) is 1. The van der Waals surface area contributed by atoms with E-state index in [0.717, 1.165) is 50.4 Å². The molecule has 0 bridgehead atoms. The molecule has 2 aliphatic heterocycles. The van der Waals surface area contributed by atoms with Crippen molar-refractivity contribution in [2.24, 2.45) is 5.92 Å². The Morgan fingerprint density at radius 2 is 1.92 bits per heavy atom. The zero-order valence-electron chi connectivity index (χ0n) is 21.7. The first-order valence-electron chi connectivity index (χ1n) is 12.3. The van der Waals surface area contributed by atoms with Gasteiger partial charge in [0.25, 0.3) is 0 Å². The summed E-state index contributed by atoms with van der Waals surface area (Å²) in [5.74, 6) is 0.195. The van der Waals surface area contributed by atoms with Gasteiger partial charge in [0.05, 0.1) is 17.5 Å². The van der Waals surface area contributed by atoms with Crippen LogP contribution in [-0.4, -0.2) is 110 Å². The lowest BCUT2D eigenvalue weighted by atomic mass is 9.92. The number of likely N-dealkylation sites (N-methyl/N-ethyl adjacent to an activating group) is 1. The fourth-order valence-corrected chi connectivity index (χ4v) is 6.09. The average molecular weight is 579 g/mol. The van der Waals surface area contributed by atoms with Crippen molar-refractivity contribution < 1.29 is 43.7 Å². The second kappa shape index (κ2) is 16.2. The van der Waals surface area contributed by atoms with E-state index >= 15 is 0 Å². The highest BCUT2D eigenvalue weighted by molar-refractivity contribution is 7.99. The van der Waals surface area contributed by atoms with Gasteiger partial charge in [0, 0.05) is 13.2 Å². The van der Waals surface area contributed by atoms with Gasteiger partial charge in [-0.1, -0.05) is 26.7 Å². The molecule has 1 amide bonds. The molecule has 14 heteroatoms. The summed E-state index contributed by atoms with van der Waals surface area (Å²) in [6.07, 6.45) is 0.666. The summed E-state index contributed by atoms with van der Waals surface area (Å²) in [5.41, 5.74) is -0.992. The highest BCUT2D eigenvalue weighted by Gasteiger charge is 2.51. The molecule has 0 spiro atoms. The normalized spacial score (nSPS) is 32.9. The van der Waals surface area contributed by atoms with Gasteiger partial charge in [-0.25, -0.2) is 4.57 Å². The Labute approximate surface area is 223 Å². The number of carbonyl (C=O) groups excluding carboxylic acids is 1. The quantitative estimate of drug-likeness (QED) is 0.154. The molecule has 0 aliphatic carbocycles. The molecule has 2 rings (SSSR count). The summed E-state index contributed by atoms with van der Waals surface area (Å²) in [7, 11) is -3.04. The molecule has 0 aromatic rings. The minimum atomic E-state index is -4.93. The SMILES string of the molecule is CCCCO.CCC[C@@H]1C[C@@H](C(=O)NC(C(C)Cl)[C@H]2O[C@H](SC)[C@H](OP(=O)(O)O)[C@@H](O)[C@H]2O)N(C)C1. The minimum Gasteiger partial charge on any atom is -0.396 e. The van der Waals surface area contributed by atoms with E-state index < -0.39 is 49.1 Å². The first kappa shape index (κ1) is 34.0. The molecule has 0 aromatic carbocycles. The maximum atomic E-state index is 13.0. The number of unbranched alkanes of at least 4 members (excludes halogenated alkanes) is 1. The molecule has 0 radical (unpaired) electrons. The Balaban J connectivity index is 0.00000118. The van der Waals surface area contributed by atoms with Crippen molar-refractivity contribution in [2.45, 2.75) is 100 Å². The van der Waals surface area contributed by atoms with E-state index in [2.05, 4.69) is 23.7 Å². The van der Waals surface area contributed by atoms with Crippen LogP contribution in [0.2, 0.25) is 0 Å². The van der Waals surface area contributed by atoms with Crippen LogP contribution >= 0.6 is 31.2 Å². The summed E-state index contributed by atoms with van der Waals surface area (Å²) in [5, 5.41) is 31.4. The zero-order chi connectivity index (χ0) is 27.6. The van der Waals surface area contributed by atoms with E-state index in [-0.39, 0.29) is 11.9 Å². The molecule has 9 atom stereocenters. The number of rotatable bonds is 11. The molecule has 36 heavy (non-hydrogen) atoms. The molecule has 0 saturated carbocycles. The van der Waals surface area contributed by atoms with Crippen molar-refractivity contribution in [2.75, 3.05) is 26.5 Å². The summed E-state index contributed by atoms with van der Waals surface area (Å²) in [6, 6.07) is -1.18. The number of hydrogen-bond acceptors (Lipinski definition) is 9. The summed E-state index contributed by atoms with van der Waals surface area (Å²) in [4.78, 5) is 33.3. The van der Waals surface area contributed by atoms with Crippen LogP contribution < -0.4 is 5.32 Å². The highest BCUT2D eigenvalue weighted by atomic mass is 35.5. The summed E-state index contributed by atoms with van der Waals surface area (Å²) < 4.78 is 21.7. The number of hydrogen-bond donors (Lipinski definition) is 6. The van der Waals surface area contributed by atoms with E-state index in [1.165, 1.54) is 0 Å². The van der Waals surface area contributed by atoms with Crippen molar-refractivity contribution in [3.63, 3.8) is 0 Å². The van der Waals surface area contributed by atoms with Crippen LogP contribution in [0.15, 0.2) is 0 Å². The van der Waals surface area contributed by atoms with E-state index in [4.69, 9.17) is 31.2 Å². The van der Waals surface area contributed by atoms with E-state index in [0.29, 0.717) is 12.5 Å². The number of carbonyl (C=O) groups is 1. The number of amides is 1. The molecule has 2 saturated heterocycles. The van der Waals surface area contributed by atoms with Gasteiger partial charge in [-0.2, -0.15) is 0 Å². The number of nitrogens with zero attached hydrogens (tertiary/aromatic N) is 1. The topological polar surface area (TPSA) is 169 Å². The van der Waals surface area contributed by atoms with Gasteiger partial charge >= 0.3 is 7.82 Å². The van der Waals surface area contributed by atoms with Gasteiger partial charge in [0.1, 0.15) is 29.9 Å². The van der Waals surface area contributed by atoms with E-state index in [9.17, 15) is 19.6 Å². The van der Waals surface area contributed by atoms with Crippen LogP contribution in [0.25, 0.3) is 0 Å². The van der Waals surface area contributed by atoms with E-state index in [1.54, 1.807) is 13.2 Å². The largest absolute Gasteiger partial charge is 0.470 e. The third-order valence-electron chi connectivity index (χ3n) is 6.38. The second-order valence-electron chi connectivity index (χ2n) is 9.38. The molecule has 2 unspecified atom stereocenters. The molecular weight excluding hydrogens is 535 g/mol. The number of alkyl halides is 1. The number of thioether (sulfide) groups is 1. The van der Waals surface area contributed by atoms with Gasteiger partial charge in [-0.05, 0) is 45.4 Å². The third-order valence-corrected chi connectivity index (χ3v) is 8.01. The van der Waals surface area contributed by atoms with Crippen molar-refractivity contribution >= 4 is 37.1 Å². The van der Waals surface area contributed by atoms with Crippen molar-refractivity contribution in [1.82, 2.24) is 10.2 Å². The first-order valence-corrected chi connectivity index (χ1v) is 15.6. The Kier molecular flexibility index (Phi) is 15.3. The maximum absolute atomic E-state index is 13.0. The van der Waals surface area contributed by atoms with Crippen LogP contribution in [0, 0.1) is 5.92 Å². The fraction of sp³-hybridized carbons (Fsp3) is 0.955. The van der Waals surface area contributed by atoms with E-state index in [1.807, 2.05) is 11.9 Å². The molecule has 2 heterocycles. The lowest BCUT2D eigenvalue weighted by Gasteiger charge is -2.45. The van der Waals surface area contributed by atoms with Crippen LogP contribution in [0.5, 0.6) is 0 Å². The molecule has 214 valence electrons. The monoisotopic (exact) mass is 578 g/mol. The van der Waals surface area contributed by atoms with Gasteiger partial charge in [-0.3, -0.25) is 14.2 Å². The number of phosphoric acid groups is 1. The smallest absolute Gasteiger partial charge is 0.396 e. The Morgan fingerprint density at radius 3 is 2.36 bits per heavy atom. The molecule has 2 fully saturated rings. The number of aliphatic hydroxyl groups excluding tert-OH is 3. The first-order chi connectivity index (χ1) is 16.8. The molecule has 11 nitrogen and oxygen atoms in total. The molecule has 6 N–H and O–H groups in total. The Bertz CT molecular complexity index is 700. The van der Waals surface area contributed by atoms with Crippen LogP contribution in [0.4, 0.5) is 0 Å². The predicted molar refractivity (Wildman–Crippen MR) is 140 cm³/mol. The Morgan fingerprint density at radius 1 is 1.28 bits per heavy atom. The standard InChI is InChI=1S/C18H34ClN2O8PS.C4H10O/c1-5-6-10-7-11(21(3)8-10)17(24)20-12(9(2)19)15-13(22)14(23)16(18(28-15)31-4)29-30(25,26)27;1-2-3-4-5/h9-16,18,22-23H,5-8H2,1-4H3,(H,20,24)(H2,25,26,27);5H,2-4H2,1H3/t9?,10-,11+,12?,13-,14+,15-,16-,18-;/m1./s1. The molecular formula is C22H44ClN2O9PS. The lowest BCUT2D eigenvalue weighted by molar-refractivity contribution is -0.201. The zero-order valence-corrected chi connectivity index (χ0v) is 24.2. The fourth-order valence-electron chi connectivity index (χ4n) is 4.53. The number of halogens is 1. The molecule has 0 aromatic heterocycles. The second-order valence-corrected chi connectivity index (χ2v) is 12.2. The van der Waals surface area contributed by atoms with Crippen LogP contribution in [0.3, 0.4) is 0 Å². The van der Waals surface area contributed by atoms with Crippen LogP contribution in [0.1, 0.15) is 52.9 Å². The maximum Gasteiger partial charge on any atom is 0.470 e. The van der Waals surface area contributed by atoms with Gasteiger partial charge < -0.3 is 35.2 Å². The highest BCUT2D eigenvalue weighted by Crippen LogP contribution is 2.43. The van der Waals surface area contributed by atoms with Crippen LogP contribution in [-0.2, 0) is 18.6 Å². The summed E-state index contributed by atoms with van der Waals surface area (Å²) >= 11 is 7.38. The number of aliphatic hydroxyl groups is 3. The Hall–Kier alpha value is 0.0200. The minimum absolute atomic E-state index is 0.238. The number of ether oxygens (including phenoxy) is 1.